The molecule has 1 heterocycles. The normalized spacial score (nSPS) is 13.5. The molecule has 0 aliphatic carbocycles. The summed E-state index contributed by atoms with van der Waals surface area (Å²) in [6, 6.07) is 18.6. The highest BCUT2D eigenvalue weighted by atomic mass is 79.9. The highest BCUT2D eigenvalue weighted by Crippen LogP contribution is 2.35. The Labute approximate surface area is 211 Å². The molecule has 3 aromatic carbocycles. The lowest BCUT2D eigenvalue weighted by molar-refractivity contribution is 0.0955. The molecular weight excluding hydrogens is 525 g/mol. The van der Waals surface area contributed by atoms with Gasteiger partial charge in [0.15, 0.2) is 5.75 Å². The van der Waals surface area contributed by atoms with Gasteiger partial charge in [0.2, 0.25) is 0 Å². The van der Waals surface area contributed by atoms with E-state index in [2.05, 4.69) is 31.4 Å². The quantitative estimate of drug-likeness (QED) is 0.265. The molecule has 1 fully saturated rings. The summed E-state index contributed by atoms with van der Waals surface area (Å²) in [4.78, 5) is 14.7. The standard InChI is InChI=1S/C25H22BrCl2N3O2/c26-21-13-17(14-23(28)24(21)33-16-19-5-1-2-6-22(19)27)15-29-30-25(32)18-7-9-20(10-8-18)31-11-3-4-12-31/h1-2,5-10,13-15H,3-4,11-12,16H2,(H,30,32)/b29-15-. The summed E-state index contributed by atoms with van der Waals surface area (Å²) in [5.41, 5.74) is 5.83. The predicted octanol–water partition coefficient (Wildman–Crippen LogP) is 6.70. The van der Waals surface area contributed by atoms with Crippen LogP contribution in [0.3, 0.4) is 0 Å². The van der Waals surface area contributed by atoms with E-state index in [1.165, 1.54) is 19.1 Å². The molecule has 0 atom stereocenters. The van der Waals surface area contributed by atoms with Gasteiger partial charge in [0.05, 0.1) is 15.7 Å². The van der Waals surface area contributed by atoms with Crippen LogP contribution in [0, 0.1) is 0 Å². The van der Waals surface area contributed by atoms with Crippen LogP contribution in [0.5, 0.6) is 5.75 Å². The number of benzene rings is 3. The summed E-state index contributed by atoms with van der Waals surface area (Å²) in [5.74, 6) is 0.236. The van der Waals surface area contributed by atoms with Crippen LogP contribution >= 0.6 is 39.1 Å². The van der Waals surface area contributed by atoms with Gasteiger partial charge in [-0.15, -0.1) is 0 Å². The van der Waals surface area contributed by atoms with E-state index in [1.807, 2.05) is 54.6 Å². The monoisotopic (exact) mass is 545 g/mol. The molecule has 1 aliphatic heterocycles. The topological polar surface area (TPSA) is 53.9 Å². The third-order valence-electron chi connectivity index (χ3n) is 5.33. The van der Waals surface area contributed by atoms with Crippen molar-refractivity contribution < 1.29 is 9.53 Å². The fourth-order valence-electron chi connectivity index (χ4n) is 3.59. The number of hydrazone groups is 1. The van der Waals surface area contributed by atoms with Crippen molar-refractivity contribution in [2.24, 2.45) is 5.10 Å². The molecule has 8 heteroatoms. The summed E-state index contributed by atoms with van der Waals surface area (Å²) < 4.78 is 6.53. The SMILES string of the molecule is O=C(N/N=C\c1cc(Cl)c(OCc2ccccc2Cl)c(Br)c1)c1ccc(N2CCCC2)cc1. The second-order valence-corrected chi connectivity index (χ2v) is 9.30. The second-order valence-electron chi connectivity index (χ2n) is 7.63. The van der Waals surface area contributed by atoms with Crippen molar-refractivity contribution in [1.29, 1.82) is 0 Å². The summed E-state index contributed by atoms with van der Waals surface area (Å²) in [5, 5.41) is 5.11. The van der Waals surface area contributed by atoms with Crippen molar-refractivity contribution in [3.63, 3.8) is 0 Å². The van der Waals surface area contributed by atoms with Crippen LogP contribution in [0.1, 0.15) is 34.3 Å². The molecule has 0 bridgehead atoms. The number of amides is 1. The number of nitrogens with zero attached hydrogens (tertiary/aromatic N) is 2. The smallest absolute Gasteiger partial charge is 0.271 e. The van der Waals surface area contributed by atoms with Crippen LogP contribution < -0.4 is 15.1 Å². The van der Waals surface area contributed by atoms with Crippen LogP contribution in [0.15, 0.2) is 70.2 Å². The maximum atomic E-state index is 12.4. The molecule has 1 N–H and O–H groups in total. The van der Waals surface area contributed by atoms with Gasteiger partial charge < -0.3 is 9.64 Å². The van der Waals surface area contributed by atoms with Crippen LogP contribution in [0.4, 0.5) is 5.69 Å². The average Bonchev–Trinajstić information content (AvgIpc) is 3.35. The van der Waals surface area contributed by atoms with Crippen LogP contribution in [-0.4, -0.2) is 25.2 Å². The lowest BCUT2D eigenvalue weighted by atomic mass is 10.2. The number of halogens is 3. The molecule has 0 radical (unpaired) electrons. The number of anilines is 1. The lowest BCUT2D eigenvalue weighted by Crippen LogP contribution is -2.19. The van der Waals surface area contributed by atoms with E-state index in [1.54, 1.807) is 6.07 Å². The average molecular weight is 547 g/mol. The molecule has 170 valence electrons. The second kappa shape index (κ2) is 11.1. The molecule has 0 unspecified atom stereocenters. The molecule has 1 aliphatic rings. The maximum Gasteiger partial charge on any atom is 0.271 e. The first kappa shape index (κ1) is 23.6. The number of hydrogen-bond acceptors (Lipinski definition) is 4. The summed E-state index contributed by atoms with van der Waals surface area (Å²) in [6.07, 6.45) is 3.96. The lowest BCUT2D eigenvalue weighted by Gasteiger charge is -2.17. The third kappa shape index (κ3) is 6.08. The van der Waals surface area contributed by atoms with Crippen molar-refractivity contribution in [1.82, 2.24) is 5.43 Å². The molecular formula is C25H22BrCl2N3O2. The largest absolute Gasteiger partial charge is 0.486 e. The molecule has 0 spiro atoms. The van der Waals surface area contributed by atoms with E-state index >= 15 is 0 Å². The molecule has 5 nitrogen and oxygen atoms in total. The molecule has 1 saturated heterocycles. The highest BCUT2D eigenvalue weighted by Gasteiger charge is 2.13. The van der Waals surface area contributed by atoms with E-state index in [0.717, 1.165) is 24.3 Å². The third-order valence-corrected chi connectivity index (χ3v) is 6.57. The van der Waals surface area contributed by atoms with Gasteiger partial charge >= 0.3 is 0 Å². The number of carbonyl (C=O) groups excluding carboxylic acids is 1. The van der Waals surface area contributed by atoms with Gasteiger partial charge in [-0.3, -0.25) is 4.79 Å². The van der Waals surface area contributed by atoms with E-state index < -0.39 is 0 Å². The van der Waals surface area contributed by atoms with Crippen LogP contribution in [0.25, 0.3) is 0 Å². The zero-order chi connectivity index (χ0) is 23.2. The number of hydrogen-bond donors (Lipinski definition) is 1. The summed E-state index contributed by atoms with van der Waals surface area (Å²) in [7, 11) is 0. The Kier molecular flexibility index (Phi) is 7.91. The molecule has 1 amide bonds. The van der Waals surface area contributed by atoms with Crippen molar-refractivity contribution in [2.75, 3.05) is 18.0 Å². The zero-order valence-electron chi connectivity index (χ0n) is 17.7. The fourth-order valence-corrected chi connectivity index (χ4v) is 4.77. The Morgan fingerprint density at radius 3 is 2.48 bits per heavy atom. The molecule has 33 heavy (non-hydrogen) atoms. The first-order chi connectivity index (χ1) is 16.0. The van der Waals surface area contributed by atoms with Crippen LogP contribution in [0.2, 0.25) is 10.0 Å². The van der Waals surface area contributed by atoms with Crippen LogP contribution in [-0.2, 0) is 6.61 Å². The van der Waals surface area contributed by atoms with Crippen molar-refractivity contribution in [3.05, 3.63) is 91.9 Å². The van der Waals surface area contributed by atoms with Crippen molar-refractivity contribution >= 4 is 56.9 Å². The highest BCUT2D eigenvalue weighted by molar-refractivity contribution is 9.10. The van der Waals surface area contributed by atoms with E-state index in [9.17, 15) is 4.79 Å². The van der Waals surface area contributed by atoms with Gasteiger partial charge in [-0.2, -0.15) is 5.10 Å². The van der Waals surface area contributed by atoms with Gasteiger partial charge in [-0.25, -0.2) is 5.43 Å². The van der Waals surface area contributed by atoms with Gasteiger partial charge in [0, 0.05) is 34.9 Å². The van der Waals surface area contributed by atoms with E-state index in [0.29, 0.717) is 31.4 Å². The van der Waals surface area contributed by atoms with E-state index in [4.69, 9.17) is 27.9 Å². The Balaban J connectivity index is 1.36. The van der Waals surface area contributed by atoms with Gasteiger partial charge in [-0.05, 0) is 76.8 Å². The van der Waals surface area contributed by atoms with Gasteiger partial charge in [-0.1, -0.05) is 41.4 Å². The zero-order valence-corrected chi connectivity index (χ0v) is 20.8. The fraction of sp³-hybridized carbons (Fsp3) is 0.200. The van der Waals surface area contributed by atoms with Gasteiger partial charge in [0.25, 0.3) is 5.91 Å². The summed E-state index contributed by atoms with van der Waals surface area (Å²) in [6.45, 7) is 2.42. The molecule has 4 rings (SSSR count). The number of ether oxygens (including phenoxy) is 1. The number of carbonyl (C=O) groups is 1. The van der Waals surface area contributed by atoms with Gasteiger partial charge in [0.1, 0.15) is 6.61 Å². The number of nitrogens with one attached hydrogen (secondary N) is 1. The Bertz CT molecular complexity index is 1140. The number of rotatable bonds is 7. The minimum Gasteiger partial charge on any atom is -0.486 e. The first-order valence-corrected chi connectivity index (χ1v) is 12.1. The Hall–Kier alpha value is -2.54. The minimum absolute atomic E-state index is 0.274. The molecule has 0 saturated carbocycles. The minimum atomic E-state index is -0.274. The predicted molar refractivity (Wildman–Crippen MR) is 138 cm³/mol. The molecule has 3 aromatic rings. The van der Waals surface area contributed by atoms with Crippen molar-refractivity contribution in [3.8, 4) is 5.75 Å². The maximum absolute atomic E-state index is 12.4. The Morgan fingerprint density at radius 1 is 1.06 bits per heavy atom. The Morgan fingerprint density at radius 2 is 1.79 bits per heavy atom. The first-order valence-electron chi connectivity index (χ1n) is 10.5. The van der Waals surface area contributed by atoms with E-state index in [-0.39, 0.29) is 12.5 Å². The summed E-state index contributed by atoms with van der Waals surface area (Å²) >= 11 is 16.1. The molecule has 0 aromatic heterocycles. The van der Waals surface area contributed by atoms with Crippen molar-refractivity contribution in [2.45, 2.75) is 19.4 Å².